The Kier molecular flexibility index (Phi) is 6.77. The Labute approximate surface area is 174 Å². The molecule has 148 valence electrons. The molecule has 1 amide bonds. The van der Waals surface area contributed by atoms with Crippen LogP contribution >= 0.6 is 23.7 Å². The minimum atomic E-state index is -0.280. The van der Waals surface area contributed by atoms with E-state index in [1.807, 2.05) is 5.38 Å². The lowest BCUT2D eigenvalue weighted by Gasteiger charge is -2.21. The molecular weight excluding hydrogens is 396 g/mol. The van der Waals surface area contributed by atoms with Gasteiger partial charge >= 0.3 is 0 Å². The Hall–Kier alpha value is -2.29. The number of benzene rings is 1. The van der Waals surface area contributed by atoms with Crippen LogP contribution in [0, 0.1) is 0 Å². The maximum absolute atomic E-state index is 12.5. The third kappa shape index (κ3) is 4.57. The second-order valence-corrected chi connectivity index (χ2v) is 7.47. The highest BCUT2D eigenvalue weighted by molar-refractivity contribution is 7.14. The van der Waals surface area contributed by atoms with Crippen molar-refractivity contribution < 1.29 is 4.79 Å². The van der Waals surface area contributed by atoms with Crippen LogP contribution in [-0.4, -0.2) is 39.0 Å². The van der Waals surface area contributed by atoms with Gasteiger partial charge in [-0.05, 0) is 37.9 Å². The monoisotopic (exact) mass is 418 g/mol. The number of anilines is 1. The third-order valence-electron chi connectivity index (χ3n) is 4.81. The average Bonchev–Trinajstić information content (AvgIpc) is 3.39. The Morgan fingerprint density at radius 2 is 2.04 bits per heavy atom. The summed E-state index contributed by atoms with van der Waals surface area (Å²) in [5, 5.41) is 16.8. The van der Waals surface area contributed by atoms with Crippen molar-refractivity contribution in [2.75, 3.05) is 18.4 Å². The van der Waals surface area contributed by atoms with E-state index in [9.17, 15) is 4.79 Å². The van der Waals surface area contributed by atoms with E-state index in [2.05, 4.69) is 57.1 Å². The molecule has 7 nitrogen and oxygen atoms in total. The fraction of sp³-hybridized carbons (Fsp3) is 0.368. The van der Waals surface area contributed by atoms with Crippen LogP contribution < -0.4 is 10.6 Å². The molecule has 1 aliphatic heterocycles. The number of carbonyl (C=O) groups excluding carboxylic acids is 1. The molecule has 1 aliphatic rings. The van der Waals surface area contributed by atoms with Gasteiger partial charge in [0.15, 0.2) is 10.8 Å². The van der Waals surface area contributed by atoms with Gasteiger partial charge in [-0.1, -0.05) is 36.4 Å². The number of piperidine rings is 1. The van der Waals surface area contributed by atoms with E-state index in [-0.39, 0.29) is 18.3 Å². The van der Waals surface area contributed by atoms with Gasteiger partial charge in [-0.25, -0.2) is 9.67 Å². The van der Waals surface area contributed by atoms with E-state index in [4.69, 9.17) is 0 Å². The molecule has 2 N–H and O–H groups in total. The van der Waals surface area contributed by atoms with Crippen molar-refractivity contribution in [3.05, 3.63) is 47.1 Å². The molecule has 4 rings (SSSR count). The van der Waals surface area contributed by atoms with Gasteiger partial charge < -0.3 is 5.32 Å². The quantitative estimate of drug-likeness (QED) is 0.661. The zero-order chi connectivity index (χ0) is 18.6. The molecule has 3 heterocycles. The summed E-state index contributed by atoms with van der Waals surface area (Å²) in [6, 6.07) is 8.63. The van der Waals surface area contributed by atoms with Gasteiger partial charge in [0, 0.05) is 10.9 Å². The maximum atomic E-state index is 12.5. The van der Waals surface area contributed by atoms with Crippen LogP contribution in [0.5, 0.6) is 0 Å². The maximum Gasteiger partial charge on any atom is 0.279 e. The minimum absolute atomic E-state index is 0. The third-order valence-corrected chi connectivity index (χ3v) is 5.57. The summed E-state index contributed by atoms with van der Waals surface area (Å²) in [6.45, 7) is 4.06. The normalized spacial score (nSPS) is 14.5. The van der Waals surface area contributed by atoms with Crippen molar-refractivity contribution in [3.63, 3.8) is 0 Å². The summed E-state index contributed by atoms with van der Waals surface area (Å²) < 4.78 is 1.80. The van der Waals surface area contributed by atoms with E-state index in [0.29, 0.717) is 16.9 Å². The molecule has 1 saturated heterocycles. The molecule has 3 aromatic rings. The highest BCUT2D eigenvalue weighted by Crippen LogP contribution is 2.25. The van der Waals surface area contributed by atoms with Crippen LogP contribution in [0.3, 0.4) is 0 Å². The van der Waals surface area contributed by atoms with Crippen LogP contribution in [0.2, 0.25) is 0 Å². The number of nitrogens with one attached hydrogen (secondary N) is 2. The van der Waals surface area contributed by atoms with Crippen LogP contribution in [0.25, 0.3) is 11.3 Å². The summed E-state index contributed by atoms with van der Waals surface area (Å²) in [5.41, 5.74) is 3.51. The van der Waals surface area contributed by atoms with Gasteiger partial charge in [-0.15, -0.1) is 28.8 Å². The van der Waals surface area contributed by atoms with Crippen LogP contribution in [-0.2, 0) is 6.42 Å². The van der Waals surface area contributed by atoms with E-state index >= 15 is 0 Å². The van der Waals surface area contributed by atoms with Gasteiger partial charge in [-0.2, -0.15) is 0 Å². The Balaban J connectivity index is 0.00000225. The van der Waals surface area contributed by atoms with E-state index in [1.54, 1.807) is 10.9 Å². The molecule has 28 heavy (non-hydrogen) atoms. The van der Waals surface area contributed by atoms with Gasteiger partial charge in [0.25, 0.3) is 5.91 Å². The van der Waals surface area contributed by atoms with E-state index in [1.165, 1.54) is 16.9 Å². The molecule has 0 radical (unpaired) electrons. The summed E-state index contributed by atoms with van der Waals surface area (Å²) in [5.74, 6) is -0.280. The predicted molar refractivity (Wildman–Crippen MR) is 113 cm³/mol. The lowest BCUT2D eigenvalue weighted by atomic mass is 10.1. The van der Waals surface area contributed by atoms with Crippen LogP contribution in [0.1, 0.15) is 41.9 Å². The highest BCUT2D eigenvalue weighted by Gasteiger charge is 2.19. The number of halogens is 1. The zero-order valence-corrected chi connectivity index (χ0v) is 17.2. The van der Waals surface area contributed by atoms with Crippen LogP contribution in [0.15, 0.2) is 35.8 Å². The number of hydrogen-bond acceptors (Lipinski definition) is 6. The molecule has 0 spiro atoms. The SMILES string of the molecule is CCc1ccc(-c2csc(NC(=O)c3cn(C4CCNCC4)nn3)n2)cc1.Cl. The predicted octanol–water partition coefficient (Wildman–Crippen LogP) is 3.56. The topological polar surface area (TPSA) is 84.7 Å². The number of aryl methyl sites for hydroxylation is 1. The Morgan fingerprint density at radius 1 is 1.29 bits per heavy atom. The standard InChI is InChI=1S/C19H22N6OS.ClH/c1-2-13-3-5-14(6-4-13)17-12-27-19(21-17)22-18(26)16-11-25(24-23-16)15-7-9-20-10-8-15;/h3-6,11-12,15,20H,2,7-10H2,1H3,(H,21,22,26);1H. The highest BCUT2D eigenvalue weighted by atomic mass is 35.5. The molecule has 1 fully saturated rings. The average molecular weight is 419 g/mol. The largest absolute Gasteiger partial charge is 0.317 e. The fourth-order valence-corrected chi connectivity index (χ4v) is 3.88. The lowest BCUT2D eigenvalue weighted by molar-refractivity contribution is 0.102. The van der Waals surface area contributed by atoms with Crippen molar-refractivity contribution >= 4 is 34.8 Å². The van der Waals surface area contributed by atoms with Gasteiger partial charge in [-0.3, -0.25) is 10.1 Å². The lowest BCUT2D eigenvalue weighted by Crippen LogP contribution is -2.29. The second-order valence-electron chi connectivity index (χ2n) is 6.61. The number of nitrogens with zero attached hydrogens (tertiary/aromatic N) is 4. The first kappa shape index (κ1) is 20.4. The molecule has 0 unspecified atom stereocenters. The zero-order valence-electron chi connectivity index (χ0n) is 15.6. The second kappa shape index (κ2) is 9.27. The number of thiazole rings is 1. The number of amides is 1. The molecule has 0 aliphatic carbocycles. The molecule has 0 bridgehead atoms. The summed E-state index contributed by atoms with van der Waals surface area (Å²) in [4.78, 5) is 17.0. The number of rotatable bonds is 5. The molecule has 0 saturated carbocycles. The van der Waals surface area contributed by atoms with Gasteiger partial charge in [0.05, 0.1) is 17.9 Å². The minimum Gasteiger partial charge on any atom is -0.317 e. The number of hydrogen-bond donors (Lipinski definition) is 2. The van der Waals surface area contributed by atoms with Gasteiger partial charge in [0.2, 0.25) is 0 Å². The number of carbonyl (C=O) groups is 1. The molecule has 0 atom stereocenters. The summed E-state index contributed by atoms with van der Waals surface area (Å²) >= 11 is 1.41. The van der Waals surface area contributed by atoms with Crippen LogP contribution in [0.4, 0.5) is 5.13 Å². The fourth-order valence-electron chi connectivity index (χ4n) is 3.17. The van der Waals surface area contributed by atoms with Crippen molar-refractivity contribution in [1.29, 1.82) is 0 Å². The summed E-state index contributed by atoms with van der Waals surface area (Å²) in [6.07, 6.45) is 4.73. The van der Waals surface area contributed by atoms with Crippen molar-refractivity contribution in [2.45, 2.75) is 32.2 Å². The Bertz CT molecular complexity index is 917. The van der Waals surface area contributed by atoms with E-state index in [0.717, 1.165) is 43.6 Å². The van der Waals surface area contributed by atoms with Gasteiger partial charge in [0.1, 0.15) is 0 Å². The first-order chi connectivity index (χ1) is 13.2. The van der Waals surface area contributed by atoms with Crippen molar-refractivity contribution in [3.8, 4) is 11.3 Å². The van der Waals surface area contributed by atoms with E-state index < -0.39 is 0 Å². The first-order valence-corrected chi connectivity index (χ1v) is 10.1. The molecular formula is C19H23ClN6OS. The summed E-state index contributed by atoms with van der Waals surface area (Å²) in [7, 11) is 0. The first-order valence-electron chi connectivity index (χ1n) is 9.21. The number of aromatic nitrogens is 4. The van der Waals surface area contributed by atoms with Crippen molar-refractivity contribution in [1.82, 2.24) is 25.3 Å². The van der Waals surface area contributed by atoms with Crippen molar-refractivity contribution in [2.24, 2.45) is 0 Å². The smallest absolute Gasteiger partial charge is 0.279 e. The molecule has 1 aromatic carbocycles. The molecule has 2 aromatic heterocycles. The molecule has 9 heteroatoms. The Morgan fingerprint density at radius 3 is 2.75 bits per heavy atom.